The molecule has 168 valence electrons. The van der Waals surface area contributed by atoms with Crippen LogP contribution in [0.15, 0.2) is 85.2 Å². The number of aliphatic carboxylic acids is 1. The number of rotatable bonds is 9. The fraction of sp³-hybridized carbons (Fsp3) is 0.160. The number of carboxylic acids is 1. The number of carboxylic acid groups (broad SMARTS) is 1. The van der Waals surface area contributed by atoms with Gasteiger partial charge in [0.25, 0.3) is 0 Å². The average molecular weight is 446 g/mol. The van der Waals surface area contributed by atoms with E-state index in [4.69, 9.17) is 0 Å². The van der Waals surface area contributed by atoms with Gasteiger partial charge in [-0.3, -0.25) is 0 Å². The predicted octanol–water partition coefficient (Wildman–Crippen LogP) is 3.22. The first kappa shape index (κ1) is 22.3. The zero-order valence-electron chi connectivity index (χ0n) is 17.7. The largest absolute Gasteiger partial charge is 0.479 e. The SMILES string of the molecule is O=C(O)C(O)C(Cc1ccc(F)cc1)NCc1cccnc1-n1ccc(-c2ccccc2)n1. The van der Waals surface area contributed by atoms with Crippen molar-refractivity contribution in [3.05, 3.63) is 102 Å². The van der Waals surface area contributed by atoms with Gasteiger partial charge in [0.2, 0.25) is 0 Å². The van der Waals surface area contributed by atoms with Gasteiger partial charge in [0.05, 0.1) is 5.69 Å². The van der Waals surface area contributed by atoms with Gasteiger partial charge in [0, 0.05) is 36.1 Å². The normalized spacial score (nSPS) is 12.9. The standard InChI is InChI=1S/C25H23FN4O3/c26-20-10-8-17(9-11-20)15-22(23(31)25(32)33)28-16-19-7-4-13-27-24(19)30-14-12-21(29-30)18-5-2-1-3-6-18/h1-14,22-23,28,31H,15-16H2,(H,32,33). The fourth-order valence-electron chi connectivity index (χ4n) is 3.56. The van der Waals surface area contributed by atoms with Gasteiger partial charge in [-0.2, -0.15) is 5.10 Å². The summed E-state index contributed by atoms with van der Waals surface area (Å²) in [6.45, 7) is 0.250. The third kappa shape index (κ3) is 5.49. The zero-order valence-corrected chi connectivity index (χ0v) is 17.7. The molecule has 0 saturated carbocycles. The zero-order chi connectivity index (χ0) is 23.2. The molecule has 2 heterocycles. The van der Waals surface area contributed by atoms with E-state index >= 15 is 0 Å². The molecule has 0 aliphatic heterocycles. The molecule has 0 aliphatic rings. The molecule has 0 radical (unpaired) electrons. The van der Waals surface area contributed by atoms with Gasteiger partial charge < -0.3 is 15.5 Å². The van der Waals surface area contributed by atoms with Gasteiger partial charge in [0.15, 0.2) is 11.9 Å². The van der Waals surface area contributed by atoms with Crippen LogP contribution in [-0.2, 0) is 17.8 Å². The molecule has 8 heteroatoms. The number of carbonyl (C=O) groups is 1. The van der Waals surface area contributed by atoms with Gasteiger partial charge in [-0.15, -0.1) is 0 Å². The minimum Gasteiger partial charge on any atom is -0.479 e. The first-order valence-corrected chi connectivity index (χ1v) is 10.5. The predicted molar refractivity (Wildman–Crippen MR) is 121 cm³/mol. The van der Waals surface area contributed by atoms with Gasteiger partial charge in [0.1, 0.15) is 5.82 Å². The highest BCUT2D eigenvalue weighted by Gasteiger charge is 2.26. The fourth-order valence-corrected chi connectivity index (χ4v) is 3.56. The minimum absolute atomic E-state index is 0.212. The molecule has 33 heavy (non-hydrogen) atoms. The highest BCUT2D eigenvalue weighted by Crippen LogP contribution is 2.19. The number of nitrogens with zero attached hydrogens (tertiary/aromatic N) is 3. The molecule has 0 spiro atoms. The van der Waals surface area contributed by atoms with E-state index in [1.807, 2.05) is 48.7 Å². The molecular formula is C25H23FN4O3. The first-order valence-electron chi connectivity index (χ1n) is 10.5. The highest BCUT2D eigenvalue weighted by molar-refractivity contribution is 5.73. The van der Waals surface area contributed by atoms with Gasteiger partial charge in [-0.05, 0) is 36.2 Å². The van der Waals surface area contributed by atoms with E-state index in [9.17, 15) is 19.4 Å². The van der Waals surface area contributed by atoms with Crippen molar-refractivity contribution >= 4 is 5.97 Å². The molecule has 0 amide bonds. The molecule has 2 atom stereocenters. The number of aliphatic hydroxyl groups excluding tert-OH is 1. The van der Waals surface area contributed by atoms with Crippen molar-refractivity contribution in [3.63, 3.8) is 0 Å². The second-order valence-electron chi connectivity index (χ2n) is 7.60. The Kier molecular flexibility index (Phi) is 6.87. The molecule has 4 aromatic rings. The average Bonchev–Trinajstić information content (AvgIpc) is 3.33. The Balaban J connectivity index is 1.54. The summed E-state index contributed by atoms with van der Waals surface area (Å²) in [5.41, 5.74) is 3.27. The van der Waals surface area contributed by atoms with Crippen molar-refractivity contribution in [2.24, 2.45) is 0 Å². The van der Waals surface area contributed by atoms with Gasteiger partial charge in [-0.25, -0.2) is 18.9 Å². The Morgan fingerprint density at radius 2 is 1.79 bits per heavy atom. The van der Waals surface area contributed by atoms with Crippen LogP contribution in [-0.4, -0.2) is 43.1 Å². The lowest BCUT2D eigenvalue weighted by Crippen LogP contribution is -2.45. The van der Waals surface area contributed by atoms with Crippen LogP contribution in [0.2, 0.25) is 0 Å². The summed E-state index contributed by atoms with van der Waals surface area (Å²) in [6, 6.07) is 20.3. The van der Waals surface area contributed by atoms with Crippen LogP contribution in [0.4, 0.5) is 4.39 Å². The number of hydrogen-bond donors (Lipinski definition) is 3. The number of pyridine rings is 1. The molecule has 7 nitrogen and oxygen atoms in total. The summed E-state index contributed by atoms with van der Waals surface area (Å²) >= 11 is 0. The van der Waals surface area contributed by atoms with E-state index in [1.54, 1.807) is 29.1 Å². The first-order chi connectivity index (χ1) is 16.0. The van der Waals surface area contributed by atoms with E-state index in [1.165, 1.54) is 12.1 Å². The van der Waals surface area contributed by atoms with Crippen molar-refractivity contribution in [2.45, 2.75) is 25.1 Å². The maximum absolute atomic E-state index is 13.2. The number of benzene rings is 2. The number of nitrogens with one attached hydrogen (secondary N) is 1. The molecule has 3 N–H and O–H groups in total. The number of aliphatic hydroxyl groups is 1. The van der Waals surface area contributed by atoms with Crippen LogP contribution < -0.4 is 5.32 Å². The maximum atomic E-state index is 13.2. The Morgan fingerprint density at radius 1 is 1.03 bits per heavy atom. The van der Waals surface area contributed by atoms with E-state index in [2.05, 4.69) is 15.4 Å². The third-order valence-corrected chi connectivity index (χ3v) is 5.30. The van der Waals surface area contributed by atoms with Gasteiger partial charge >= 0.3 is 5.97 Å². The molecule has 0 aliphatic carbocycles. The second-order valence-corrected chi connectivity index (χ2v) is 7.60. The highest BCUT2D eigenvalue weighted by atomic mass is 19.1. The summed E-state index contributed by atoms with van der Waals surface area (Å²) in [6.07, 6.45) is 2.05. The molecule has 2 aromatic heterocycles. The van der Waals surface area contributed by atoms with E-state index in [0.29, 0.717) is 11.4 Å². The summed E-state index contributed by atoms with van der Waals surface area (Å²) in [5.74, 6) is -1.12. The Morgan fingerprint density at radius 3 is 2.52 bits per heavy atom. The van der Waals surface area contributed by atoms with Gasteiger partial charge in [-0.1, -0.05) is 48.5 Å². The summed E-state index contributed by atoms with van der Waals surface area (Å²) in [7, 11) is 0. The van der Waals surface area contributed by atoms with Crippen LogP contribution in [0.3, 0.4) is 0 Å². The topological polar surface area (TPSA) is 100 Å². The number of halogens is 1. The van der Waals surface area contributed by atoms with Crippen LogP contribution in [0, 0.1) is 5.82 Å². The molecule has 0 bridgehead atoms. The molecule has 0 saturated heterocycles. The lowest BCUT2D eigenvalue weighted by atomic mass is 10.0. The third-order valence-electron chi connectivity index (χ3n) is 5.30. The summed E-state index contributed by atoms with van der Waals surface area (Å²) < 4.78 is 14.9. The molecule has 0 fully saturated rings. The van der Waals surface area contributed by atoms with Crippen LogP contribution in [0.25, 0.3) is 17.1 Å². The van der Waals surface area contributed by atoms with Crippen molar-refractivity contribution in [3.8, 4) is 17.1 Å². The summed E-state index contributed by atoms with van der Waals surface area (Å²) in [4.78, 5) is 15.9. The number of aromatic nitrogens is 3. The van der Waals surface area contributed by atoms with E-state index in [0.717, 1.165) is 16.8 Å². The lowest BCUT2D eigenvalue weighted by molar-refractivity contribution is -0.148. The quantitative estimate of drug-likeness (QED) is 0.365. The minimum atomic E-state index is -1.63. The van der Waals surface area contributed by atoms with Crippen molar-refractivity contribution in [1.82, 2.24) is 20.1 Å². The Bertz CT molecular complexity index is 1210. The Hall–Kier alpha value is -3.88. The number of hydrogen-bond acceptors (Lipinski definition) is 5. The van der Waals surface area contributed by atoms with Crippen LogP contribution in [0.1, 0.15) is 11.1 Å². The van der Waals surface area contributed by atoms with E-state index in [-0.39, 0.29) is 18.8 Å². The Labute approximate surface area is 190 Å². The maximum Gasteiger partial charge on any atom is 0.334 e. The molecular weight excluding hydrogens is 423 g/mol. The van der Waals surface area contributed by atoms with Crippen molar-refractivity contribution in [1.29, 1.82) is 0 Å². The van der Waals surface area contributed by atoms with Crippen LogP contribution >= 0.6 is 0 Å². The second kappa shape index (κ2) is 10.2. The van der Waals surface area contributed by atoms with E-state index < -0.39 is 18.1 Å². The molecule has 4 rings (SSSR count). The monoisotopic (exact) mass is 446 g/mol. The smallest absolute Gasteiger partial charge is 0.334 e. The van der Waals surface area contributed by atoms with Crippen molar-refractivity contribution in [2.75, 3.05) is 0 Å². The van der Waals surface area contributed by atoms with Crippen molar-refractivity contribution < 1.29 is 19.4 Å². The molecule has 2 unspecified atom stereocenters. The lowest BCUT2D eigenvalue weighted by Gasteiger charge is -2.22. The van der Waals surface area contributed by atoms with Crippen LogP contribution in [0.5, 0.6) is 0 Å². The molecule has 2 aromatic carbocycles. The summed E-state index contributed by atoms with van der Waals surface area (Å²) in [5, 5.41) is 27.3.